The van der Waals surface area contributed by atoms with Crippen LogP contribution in [0, 0.1) is 6.92 Å². The van der Waals surface area contributed by atoms with Crippen LogP contribution in [0.15, 0.2) is 66.7 Å². The van der Waals surface area contributed by atoms with Crippen LogP contribution in [0.25, 0.3) is 0 Å². The van der Waals surface area contributed by atoms with Gasteiger partial charge in [-0.25, -0.2) is 0 Å². The highest BCUT2D eigenvalue weighted by Crippen LogP contribution is 2.28. The summed E-state index contributed by atoms with van der Waals surface area (Å²) in [5.41, 5.74) is 3.71. The Kier molecular flexibility index (Phi) is 5.77. The van der Waals surface area contributed by atoms with E-state index in [4.69, 9.17) is 4.74 Å². The molecule has 0 spiro atoms. The van der Waals surface area contributed by atoms with Crippen molar-refractivity contribution in [3.8, 4) is 5.75 Å². The molecule has 1 aliphatic heterocycles. The summed E-state index contributed by atoms with van der Waals surface area (Å²) in [4.78, 5) is 41.5. The van der Waals surface area contributed by atoms with E-state index >= 15 is 0 Å². The van der Waals surface area contributed by atoms with Gasteiger partial charge >= 0.3 is 0 Å². The molecular formula is C26H24N2O4. The molecule has 1 aliphatic rings. The molecule has 0 saturated carbocycles. The van der Waals surface area contributed by atoms with Gasteiger partial charge in [0.1, 0.15) is 5.75 Å². The minimum absolute atomic E-state index is 0.0767. The quantitative estimate of drug-likeness (QED) is 0.544. The summed E-state index contributed by atoms with van der Waals surface area (Å²) in [6.07, 6.45) is 0. The SMILES string of the molecule is CCOc1ccc(CN2C(=O)c3ccccc3C2=O)cc1C(=O)N(C)c1ccc(C)cc1. The van der Waals surface area contributed by atoms with E-state index < -0.39 is 0 Å². The molecule has 0 fully saturated rings. The van der Waals surface area contributed by atoms with Crippen molar-refractivity contribution in [1.82, 2.24) is 4.90 Å². The van der Waals surface area contributed by atoms with Gasteiger partial charge in [0.2, 0.25) is 0 Å². The number of amides is 3. The van der Waals surface area contributed by atoms with Crippen molar-refractivity contribution in [2.75, 3.05) is 18.6 Å². The zero-order valence-electron chi connectivity index (χ0n) is 18.3. The number of ether oxygens (including phenoxy) is 1. The predicted octanol–water partition coefficient (Wildman–Crippen LogP) is 4.47. The maximum absolute atomic E-state index is 13.3. The van der Waals surface area contributed by atoms with Gasteiger partial charge in [-0.15, -0.1) is 0 Å². The summed E-state index contributed by atoms with van der Waals surface area (Å²) in [6, 6.07) is 19.6. The van der Waals surface area contributed by atoms with Crippen LogP contribution in [0.4, 0.5) is 5.69 Å². The monoisotopic (exact) mass is 428 g/mol. The summed E-state index contributed by atoms with van der Waals surface area (Å²) in [5.74, 6) is -0.433. The third-order valence-electron chi connectivity index (χ3n) is 5.52. The lowest BCUT2D eigenvalue weighted by atomic mass is 10.1. The molecule has 162 valence electrons. The Morgan fingerprint density at radius 3 is 2.16 bits per heavy atom. The van der Waals surface area contributed by atoms with Crippen molar-refractivity contribution in [3.63, 3.8) is 0 Å². The van der Waals surface area contributed by atoms with Gasteiger partial charge in [-0.05, 0) is 55.8 Å². The van der Waals surface area contributed by atoms with Crippen molar-refractivity contribution >= 4 is 23.4 Å². The summed E-state index contributed by atoms with van der Waals surface area (Å²) < 4.78 is 5.69. The van der Waals surface area contributed by atoms with E-state index in [0.717, 1.165) is 11.3 Å². The second kappa shape index (κ2) is 8.67. The Bertz CT molecular complexity index is 1170. The topological polar surface area (TPSA) is 66.9 Å². The zero-order valence-corrected chi connectivity index (χ0v) is 18.3. The molecule has 0 unspecified atom stereocenters. The highest BCUT2D eigenvalue weighted by Gasteiger charge is 2.35. The van der Waals surface area contributed by atoms with Gasteiger partial charge < -0.3 is 9.64 Å². The van der Waals surface area contributed by atoms with Crippen LogP contribution >= 0.6 is 0 Å². The van der Waals surface area contributed by atoms with E-state index in [0.29, 0.717) is 34.6 Å². The fraction of sp³-hybridized carbons (Fsp3) is 0.192. The van der Waals surface area contributed by atoms with Crippen LogP contribution in [-0.4, -0.2) is 36.3 Å². The average molecular weight is 428 g/mol. The summed E-state index contributed by atoms with van der Waals surface area (Å²) in [6.45, 7) is 4.33. The molecule has 0 atom stereocenters. The number of imide groups is 1. The maximum Gasteiger partial charge on any atom is 0.261 e. The molecule has 4 rings (SSSR count). The fourth-order valence-corrected chi connectivity index (χ4v) is 3.76. The number of rotatable bonds is 6. The van der Waals surface area contributed by atoms with Crippen LogP contribution in [0.5, 0.6) is 5.75 Å². The molecule has 0 aromatic heterocycles. The van der Waals surface area contributed by atoms with Crippen molar-refractivity contribution in [2.45, 2.75) is 20.4 Å². The first-order chi connectivity index (χ1) is 15.4. The van der Waals surface area contributed by atoms with Crippen LogP contribution in [0.2, 0.25) is 0 Å². The molecule has 0 aliphatic carbocycles. The van der Waals surface area contributed by atoms with Crippen molar-refractivity contribution in [3.05, 3.63) is 94.5 Å². The average Bonchev–Trinajstić information content (AvgIpc) is 3.05. The van der Waals surface area contributed by atoms with Gasteiger partial charge in [-0.2, -0.15) is 0 Å². The molecule has 0 bridgehead atoms. The third kappa shape index (κ3) is 3.87. The lowest BCUT2D eigenvalue weighted by Gasteiger charge is -2.21. The number of nitrogens with zero attached hydrogens (tertiary/aromatic N) is 2. The van der Waals surface area contributed by atoms with E-state index in [1.807, 2.05) is 38.1 Å². The Hall–Kier alpha value is -3.93. The Morgan fingerprint density at radius 1 is 0.938 bits per heavy atom. The van der Waals surface area contributed by atoms with Gasteiger partial charge in [-0.3, -0.25) is 19.3 Å². The molecule has 0 N–H and O–H groups in total. The van der Waals surface area contributed by atoms with E-state index in [9.17, 15) is 14.4 Å². The number of fused-ring (bicyclic) bond motifs is 1. The first kappa shape index (κ1) is 21.3. The summed E-state index contributed by atoms with van der Waals surface area (Å²) >= 11 is 0. The Labute approximate surface area is 187 Å². The number of carbonyl (C=O) groups is 3. The molecule has 0 saturated heterocycles. The molecule has 3 aromatic carbocycles. The molecule has 1 heterocycles. The normalized spacial score (nSPS) is 12.7. The minimum atomic E-state index is -0.330. The fourth-order valence-electron chi connectivity index (χ4n) is 3.76. The highest BCUT2D eigenvalue weighted by molar-refractivity contribution is 6.21. The predicted molar refractivity (Wildman–Crippen MR) is 122 cm³/mol. The zero-order chi connectivity index (χ0) is 22.8. The number of hydrogen-bond donors (Lipinski definition) is 0. The first-order valence-corrected chi connectivity index (χ1v) is 10.5. The second-order valence-electron chi connectivity index (χ2n) is 7.71. The van der Waals surface area contributed by atoms with E-state index in [-0.39, 0.29) is 24.3 Å². The first-order valence-electron chi connectivity index (χ1n) is 10.5. The number of benzene rings is 3. The number of carbonyl (C=O) groups excluding carboxylic acids is 3. The molecular weight excluding hydrogens is 404 g/mol. The highest BCUT2D eigenvalue weighted by atomic mass is 16.5. The van der Waals surface area contributed by atoms with E-state index in [2.05, 4.69) is 0 Å². The third-order valence-corrected chi connectivity index (χ3v) is 5.52. The standard InChI is InChI=1S/C26H24N2O4/c1-4-32-23-14-11-18(16-28-25(30)20-7-5-6-8-21(20)26(28)31)15-22(23)24(29)27(3)19-12-9-17(2)10-13-19/h5-15H,4,16H2,1-3H3. The largest absolute Gasteiger partial charge is 0.493 e. The number of anilines is 1. The molecule has 3 amide bonds. The van der Waals surface area contributed by atoms with Crippen LogP contribution in [0.1, 0.15) is 49.1 Å². The molecule has 32 heavy (non-hydrogen) atoms. The summed E-state index contributed by atoms with van der Waals surface area (Å²) in [5, 5.41) is 0. The van der Waals surface area contributed by atoms with Gasteiger partial charge in [-0.1, -0.05) is 35.9 Å². The maximum atomic E-state index is 13.3. The smallest absolute Gasteiger partial charge is 0.261 e. The van der Waals surface area contributed by atoms with Gasteiger partial charge in [0.15, 0.2) is 0 Å². The Morgan fingerprint density at radius 2 is 1.56 bits per heavy atom. The van der Waals surface area contributed by atoms with Gasteiger partial charge in [0.05, 0.1) is 29.8 Å². The summed E-state index contributed by atoms with van der Waals surface area (Å²) in [7, 11) is 1.71. The number of aryl methyl sites for hydroxylation is 1. The Balaban J connectivity index is 1.64. The van der Waals surface area contributed by atoms with Crippen LogP contribution in [-0.2, 0) is 6.54 Å². The molecule has 3 aromatic rings. The molecule has 6 nitrogen and oxygen atoms in total. The second-order valence-corrected chi connectivity index (χ2v) is 7.71. The lowest BCUT2D eigenvalue weighted by Crippen LogP contribution is -2.30. The van der Waals surface area contributed by atoms with Crippen LogP contribution < -0.4 is 9.64 Å². The minimum Gasteiger partial charge on any atom is -0.493 e. The van der Waals surface area contributed by atoms with Crippen molar-refractivity contribution < 1.29 is 19.1 Å². The van der Waals surface area contributed by atoms with Gasteiger partial charge in [0.25, 0.3) is 17.7 Å². The van der Waals surface area contributed by atoms with E-state index in [1.165, 1.54) is 4.90 Å². The number of hydrogen-bond acceptors (Lipinski definition) is 4. The van der Waals surface area contributed by atoms with Gasteiger partial charge in [0, 0.05) is 12.7 Å². The molecule has 0 radical (unpaired) electrons. The van der Waals surface area contributed by atoms with E-state index in [1.54, 1.807) is 54.4 Å². The lowest BCUT2D eigenvalue weighted by molar-refractivity contribution is 0.0642. The van der Waals surface area contributed by atoms with Crippen molar-refractivity contribution in [2.24, 2.45) is 0 Å². The van der Waals surface area contributed by atoms with Crippen LogP contribution in [0.3, 0.4) is 0 Å². The van der Waals surface area contributed by atoms with Crippen molar-refractivity contribution in [1.29, 1.82) is 0 Å². The molecule has 6 heteroatoms.